The van der Waals surface area contributed by atoms with Crippen LogP contribution in [0, 0.1) is 0 Å². The molecule has 4 nitrogen and oxygen atoms in total. The zero-order chi connectivity index (χ0) is 8.93. The largest absolute Gasteiger partial charge is 0.381 e. The molecule has 70 valence electrons. The van der Waals surface area contributed by atoms with E-state index in [1.807, 2.05) is 6.07 Å². The molecule has 0 saturated carbocycles. The van der Waals surface area contributed by atoms with Gasteiger partial charge in [0.05, 0.1) is 24.2 Å². The lowest BCUT2D eigenvalue weighted by Gasteiger charge is -2.10. The third-order valence-corrected chi connectivity index (χ3v) is 2.14. The van der Waals surface area contributed by atoms with Gasteiger partial charge in [-0.3, -0.25) is 0 Å². The lowest BCUT2D eigenvalue weighted by Crippen LogP contribution is -2.18. The van der Waals surface area contributed by atoms with Crippen molar-refractivity contribution in [2.24, 2.45) is 0 Å². The van der Waals surface area contributed by atoms with Crippen LogP contribution in [-0.2, 0) is 4.74 Å². The Balaban J connectivity index is 1.79. The number of hydrogen-bond acceptors (Lipinski definition) is 4. The molecule has 0 aromatic carbocycles. The Kier molecular flexibility index (Phi) is 2.72. The number of hydrogen-bond donors (Lipinski definition) is 1. The molecular weight excluding hydrogens is 166 g/mol. The van der Waals surface area contributed by atoms with Crippen LogP contribution >= 0.6 is 0 Å². The highest BCUT2D eigenvalue weighted by molar-refractivity contribution is 5.38. The van der Waals surface area contributed by atoms with E-state index < -0.39 is 0 Å². The Morgan fingerprint density at radius 3 is 3.23 bits per heavy atom. The molecule has 2 rings (SSSR count). The number of aromatic nitrogens is 2. The lowest BCUT2D eigenvalue weighted by molar-refractivity contribution is 0.120. The van der Waals surface area contributed by atoms with E-state index in [0.717, 1.165) is 25.3 Å². The average molecular weight is 179 g/mol. The molecule has 0 aliphatic carbocycles. The molecule has 1 atom stereocenters. The molecule has 0 amide bonds. The summed E-state index contributed by atoms with van der Waals surface area (Å²) >= 11 is 0. The molecule has 1 aromatic rings. The third-order valence-electron chi connectivity index (χ3n) is 2.14. The minimum Gasteiger partial charge on any atom is -0.381 e. The maximum Gasteiger partial charge on any atom is 0.0748 e. The second-order valence-corrected chi connectivity index (χ2v) is 3.15. The number of nitrogens with zero attached hydrogens (tertiary/aromatic N) is 2. The average Bonchev–Trinajstić information content (AvgIpc) is 2.69. The molecule has 1 N–H and O–H groups in total. The minimum atomic E-state index is 0.369. The summed E-state index contributed by atoms with van der Waals surface area (Å²) in [6, 6.07) is 1.90. The molecule has 1 unspecified atom stereocenters. The van der Waals surface area contributed by atoms with Crippen molar-refractivity contribution in [3.8, 4) is 0 Å². The van der Waals surface area contributed by atoms with Gasteiger partial charge < -0.3 is 10.1 Å². The Morgan fingerprint density at radius 2 is 2.54 bits per heavy atom. The number of nitrogens with one attached hydrogen (secondary N) is 1. The van der Waals surface area contributed by atoms with Gasteiger partial charge in [-0.05, 0) is 18.9 Å². The van der Waals surface area contributed by atoms with Crippen LogP contribution in [0.4, 0.5) is 5.69 Å². The smallest absolute Gasteiger partial charge is 0.0748 e. The highest BCUT2D eigenvalue weighted by Crippen LogP contribution is 2.12. The van der Waals surface area contributed by atoms with Gasteiger partial charge in [-0.25, -0.2) is 0 Å². The Hall–Kier alpha value is -1.16. The maximum atomic E-state index is 5.48. The molecule has 2 heterocycles. The Morgan fingerprint density at radius 1 is 1.54 bits per heavy atom. The number of anilines is 1. The summed E-state index contributed by atoms with van der Waals surface area (Å²) in [5.41, 5.74) is 1.01. The van der Waals surface area contributed by atoms with Crippen molar-refractivity contribution in [2.75, 3.05) is 18.5 Å². The monoisotopic (exact) mass is 179 g/mol. The minimum absolute atomic E-state index is 0.369. The summed E-state index contributed by atoms with van der Waals surface area (Å²) in [4.78, 5) is 0. The molecule has 1 saturated heterocycles. The van der Waals surface area contributed by atoms with Crippen LogP contribution in [0.5, 0.6) is 0 Å². The van der Waals surface area contributed by atoms with Crippen molar-refractivity contribution in [1.82, 2.24) is 10.2 Å². The van der Waals surface area contributed by atoms with Gasteiger partial charge in [-0.2, -0.15) is 10.2 Å². The van der Waals surface area contributed by atoms with E-state index in [1.165, 1.54) is 6.42 Å². The molecule has 0 bridgehead atoms. The number of rotatable bonds is 3. The van der Waals surface area contributed by atoms with Crippen molar-refractivity contribution >= 4 is 5.69 Å². The lowest BCUT2D eigenvalue weighted by atomic mass is 10.2. The van der Waals surface area contributed by atoms with Crippen LogP contribution < -0.4 is 5.32 Å². The predicted molar refractivity (Wildman–Crippen MR) is 49.5 cm³/mol. The van der Waals surface area contributed by atoms with Crippen LogP contribution in [0.1, 0.15) is 12.8 Å². The highest BCUT2D eigenvalue weighted by Gasteiger charge is 2.14. The van der Waals surface area contributed by atoms with E-state index in [-0.39, 0.29) is 0 Å². The van der Waals surface area contributed by atoms with Gasteiger partial charge in [-0.15, -0.1) is 0 Å². The van der Waals surface area contributed by atoms with Crippen molar-refractivity contribution in [3.63, 3.8) is 0 Å². The summed E-state index contributed by atoms with van der Waals surface area (Å²) < 4.78 is 5.48. The van der Waals surface area contributed by atoms with Crippen molar-refractivity contribution in [2.45, 2.75) is 18.9 Å². The molecule has 4 heteroatoms. The normalized spacial score (nSPS) is 21.7. The molecule has 1 aliphatic heterocycles. The van der Waals surface area contributed by atoms with E-state index in [2.05, 4.69) is 15.5 Å². The first-order chi connectivity index (χ1) is 6.45. The van der Waals surface area contributed by atoms with Crippen LogP contribution in [0.25, 0.3) is 0 Å². The van der Waals surface area contributed by atoms with Gasteiger partial charge >= 0.3 is 0 Å². The molecule has 1 aromatic heterocycles. The Labute approximate surface area is 77.3 Å². The van der Waals surface area contributed by atoms with Crippen molar-refractivity contribution in [3.05, 3.63) is 18.5 Å². The zero-order valence-electron chi connectivity index (χ0n) is 7.44. The van der Waals surface area contributed by atoms with E-state index in [0.29, 0.717) is 6.10 Å². The van der Waals surface area contributed by atoms with Gasteiger partial charge in [0.2, 0.25) is 0 Å². The topological polar surface area (TPSA) is 47.0 Å². The fourth-order valence-electron chi connectivity index (χ4n) is 1.43. The first-order valence-electron chi connectivity index (χ1n) is 4.57. The van der Waals surface area contributed by atoms with Gasteiger partial charge in [-0.1, -0.05) is 0 Å². The maximum absolute atomic E-state index is 5.48. The standard InChI is InChI=1S/C9H13N3O/c1-2-9(13-5-1)7-10-8-3-4-11-12-6-8/h3-4,6,9H,1-2,5,7H2,(H,10,11). The summed E-state index contributed by atoms with van der Waals surface area (Å²) in [6.45, 7) is 1.77. The van der Waals surface area contributed by atoms with Crippen molar-refractivity contribution < 1.29 is 4.74 Å². The summed E-state index contributed by atoms with van der Waals surface area (Å²) in [7, 11) is 0. The fourth-order valence-corrected chi connectivity index (χ4v) is 1.43. The van der Waals surface area contributed by atoms with E-state index in [4.69, 9.17) is 4.74 Å². The van der Waals surface area contributed by atoms with Crippen LogP contribution in [-0.4, -0.2) is 29.5 Å². The summed E-state index contributed by atoms with van der Waals surface area (Å²) in [5.74, 6) is 0. The molecule has 0 spiro atoms. The van der Waals surface area contributed by atoms with Crippen LogP contribution in [0.3, 0.4) is 0 Å². The van der Waals surface area contributed by atoms with Crippen LogP contribution in [0.15, 0.2) is 18.5 Å². The van der Waals surface area contributed by atoms with Crippen LogP contribution in [0.2, 0.25) is 0 Å². The van der Waals surface area contributed by atoms with Gasteiger partial charge in [0, 0.05) is 13.2 Å². The zero-order valence-corrected chi connectivity index (χ0v) is 7.44. The molecule has 1 fully saturated rings. The van der Waals surface area contributed by atoms with Gasteiger partial charge in [0.15, 0.2) is 0 Å². The molecule has 0 radical (unpaired) electrons. The summed E-state index contributed by atoms with van der Waals surface area (Å²) in [5, 5.41) is 10.7. The fraction of sp³-hybridized carbons (Fsp3) is 0.556. The van der Waals surface area contributed by atoms with E-state index in [1.54, 1.807) is 12.4 Å². The van der Waals surface area contributed by atoms with Crippen molar-refractivity contribution in [1.29, 1.82) is 0 Å². The first kappa shape index (κ1) is 8.44. The first-order valence-corrected chi connectivity index (χ1v) is 4.57. The Bertz CT molecular complexity index is 246. The van der Waals surface area contributed by atoms with Gasteiger partial charge in [0.25, 0.3) is 0 Å². The second-order valence-electron chi connectivity index (χ2n) is 3.15. The summed E-state index contributed by atoms with van der Waals surface area (Å²) in [6.07, 6.45) is 6.10. The second kappa shape index (κ2) is 4.18. The molecular formula is C9H13N3O. The highest BCUT2D eigenvalue weighted by atomic mass is 16.5. The third kappa shape index (κ3) is 2.39. The SMILES string of the molecule is c1cc(NCC2CCCO2)cnn1. The quantitative estimate of drug-likeness (QED) is 0.754. The van der Waals surface area contributed by atoms with E-state index >= 15 is 0 Å². The number of ether oxygens (including phenoxy) is 1. The predicted octanol–water partition coefficient (Wildman–Crippen LogP) is 1.07. The van der Waals surface area contributed by atoms with Gasteiger partial charge in [0.1, 0.15) is 0 Å². The van der Waals surface area contributed by atoms with E-state index in [9.17, 15) is 0 Å². The molecule has 13 heavy (non-hydrogen) atoms. The molecule has 1 aliphatic rings.